The van der Waals surface area contributed by atoms with Crippen LogP contribution in [0.1, 0.15) is 60.6 Å². The molecule has 154 valence electrons. The molecule has 2 fully saturated rings. The van der Waals surface area contributed by atoms with Crippen LogP contribution in [-0.4, -0.2) is 51.7 Å². The topological polar surface area (TPSA) is 81.5 Å². The highest BCUT2D eigenvalue weighted by Gasteiger charge is 2.25. The number of piperidine rings is 1. The Morgan fingerprint density at radius 2 is 2.00 bits per heavy atom. The fourth-order valence-corrected chi connectivity index (χ4v) is 4.58. The van der Waals surface area contributed by atoms with E-state index in [2.05, 4.69) is 32.7 Å². The quantitative estimate of drug-likeness (QED) is 0.835. The van der Waals surface area contributed by atoms with Crippen LogP contribution in [0.2, 0.25) is 0 Å². The van der Waals surface area contributed by atoms with Gasteiger partial charge in [0.1, 0.15) is 0 Å². The van der Waals surface area contributed by atoms with Crippen molar-refractivity contribution in [1.29, 1.82) is 0 Å². The van der Waals surface area contributed by atoms with Gasteiger partial charge in [-0.2, -0.15) is 0 Å². The molecule has 8 nitrogen and oxygen atoms in total. The number of carbonyl (C=O) groups excluding carboxylic acids is 1. The molecule has 3 heterocycles. The third-order valence-electron chi connectivity index (χ3n) is 6.13. The molecule has 1 amide bonds. The summed E-state index contributed by atoms with van der Waals surface area (Å²) in [7, 11) is 0. The van der Waals surface area contributed by atoms with Crippen molar-refractivity contribution in [2.75, 3.05) is 19.9 Å². The molecule has 8 heteroatoms. The number of aromatic nitrogens is 3. The summed E-state index contributed by atoms with van der Waals surface area (Å²) in [6, 6.07) is 6.66. The van der Waals surface area contributed by atoms with Gasteiger partial charge in [0.2, 0.25) is 6.79 Å². The van der Waals surface area contributed by atoms with Crippen molar-refractivity contribution < 1.29 is 14.3 Å². The van der Waals surface area contributed by atoms with Crippen molar-refractivity contribution in [2.45, 2.75) is 57.2 Å². The second-order valence-electron chi connectivity index (χ2n) is 8.26. The molecule has 2 aliphatic heterocycles. The van der Waals surface area contributed by atoms with Gasteiger partial charge in [-0.15, -0.1) is 5.10 Å². The van der Waals surface area contributed by atoms with Crippen LogP contribution in [-0.2, 0) is 6.54 Å². The van der Waals surface area contributed by atoms with E-state index in [9.17, 15) is 4.79 Å². The summed E-state index contributed by atoms with van der Waals surface area (Å²) in [6.45, 7) is 3.10. The summed E-state index contributed by atoms with van der Waals surface area (Å²) in [6.07, 6.45) is 8.47. The van der Waals surface area contributed by atoms with E-state index in [0.29, 0.717) is 18.5 Å². The lowest BCUT2D eigenvalue weighted by molar-refractivity contribution is 0.0932. The predicted octanol–water partition coefficient (Wildman–Crippen LogP) is 2.52. The Hall–Kier alpha value is -2.61. The van der Waals surface area contributed by atoms with Crippen LogP contribution in [0.15, 0.2) is 24.4 Å². The minimum absolute atomic E-state index is 0.101. The highest BCUT2D eigenvalue weighted by Crippen LogP contribution is 2.33. The van der Waals surface area contributed by atoms with Gasteiger partial charge in [0, 0.05) is 19.1 Å². The lowest BCUT2D eigenvalue weighted by Gasteiger charge is -2.32. The van der Waals surface area contributed by atoms with Gasteiger partial charge in [0.05, 0.1) is 12.2 Å². The number of nitrogens with zero attached hydrogens (tertiary/aromatic N) is 4. The Labute approximate surface area is 170 Å². The maximum Gasteiger partial charge on any atom is 0.273 e. The van der Waals surface area contributed by atoms with E-state index in [1.165, 1.54) is 18.4 Å². The summed E-state index contributed by atoms with van der Waals surface area (Å²) >= 11 is 0. The number of carbonyl (C=O) groups is 1. The van der Waals surface area contributed by atoms with E-state index < -0.39 is 0 Å². The number of hydrogen-bond donors (Lipinski definition) is 1. The largest absolute Gasteiger partial charge is 0.454 e. The van der Waals surface area contributed by atoms with E-state index >= 15 is 0 Å². The van der Waals surface area contributed by atoms with Gasteiger partial charge < -0.3 is 14.8 Å². The molecule has 2 aromatic rings. The number of amides is 1. The first kappa shape index (κ1) is 18.4. The zero-order valence-electron chi connectivity index (χ0n) is 16.5. The van der Waals surface area contributed by atoms with Crippen molar-refractivity contribution in [2.24, 2.45) is 0 Å². The molecule has 0 radical (unpaired) electrons. The highest BCUT2D eigenvalue weighted by molar-refractivity contribution is 5.92. The molecule has 5 rings (SSSR count). The smallest absolute Gasteiger partial charge is 0.273 e. The van der Waals surface area contributed by atoms with Crippen LogP contribution in [0, 0.1) is 0 Å². The van der Waals surface area contributed by atoms with E-state index in [0.717, 1.165) is 56.8 Å². The number of benzene rings is 1. The molecular weight excluding hydrogens is 370 g/mol. The van der Waals surface area contributed by atoms with Gasteiger partial charge in [0.15, 0.2) is 17.2 Å². The molecule has 1 N–H and O–H groups in total. The number of rotatable bonds is 5. The first-order chi connectivity index (χ1) is 14.2. The maximum atomic E-state index is 12.4. The van der Waals surface area contributed by atoms with Gasteiger partial charge in [-0.25, -0.2) is 4.68 Å². The number of likely N-dealkylation sites (tertiary alicyclic amines) is 1. The van der Waals surface area contributed by atoms with Gasteiger partial charge in [-0.3, -0.25) is 9.69 Å². The standard InChI is InChI=1S/C21H27N5O3/c27-21(22-16-4-1-2-5-16)18-13-26(24-23-18)17-6-3-9-25(12-17)11-15-7-8-19-20(10-15)29-14-28-19/h7-8,10,13,16-17H,1-6,9,11-12,14H2,(H,22,27)/t17-/m0/s1. The summed E-state index contributed by atoms with van der Waals surface area (Å²) in [5, 5.41) is 11.5. The summed E-state index contributed by atoms with van der Waals surface area (Å²) < 4.78 is 12.8. The van der Waals surface area contributed by atoms with E-state index in [4.69, 9.17) is 9.47 Å². The van der Waals surface area contributed by atoms with Crippen LogP contribution in [0.4, 0.5) is 0 Å². The Morgan fingerprint density at radius 1 is 1.14 bits per heavy atom. The van der Waals surface area contributed by atoms with E-state index in [1.54, 1.807) is 6.20 Å². The Kier molecular flexibility index (Phi) is 5.10. The molecule has 0 unspecified atom stereocenters. The zero-order chi connectivity index (χ0) is 19.6. The number of hydrogen-bond acceptors (Lipinski definition) is 6. The number of nitrogens with one attached hydrogen (secondary N) is 1. The first-order valence-electron chi connectivity index (χ1n) is 10.6. The van der Waals surface area contributed by atoms with Crippen LogP contribution < -0.4 is 14.8 Å². The monoisotopic (exact) mass is 397 g/mol. The van der Waals surface area contributed by atoms with Crippen LogP contribution in [0.25, 0.3) is 0 Å². The van der Waals surface area contributed by atoms with E-state index in [-0.39, 0.29) is 11.9 Å². The summed E-state index contributed by atoms with van der Waals surface area (Å²) in [5.74, 6) is 1.54. The number of ether oxygens (including phenoxy) is 2. The van der Waals surface area contributed by atoms with Gasteiger partial charge in [0.25, 0.3) is 5.91 Å². The number of fused-ring (bicyclic) bond motifs is 1. The lowest BCUT2D eigenvalue weighted by Crippen LogP contribution is -2.36. The maximum absolute atomic E-state index is 12.4. The molecule has 1 aromatic heterocycles. The molecule has 0 spiro atoms. The average molecular weight is 397 g/mol. The van der Waals surface area contributed by atoms with Crippen LogP contribution >= 0.6 is 0 Å². The Bertz CT molecular complexity index is 877. The molecule has 1 atom stereocenters. The van der Waals surface area contributed by atoms with Crippen molar-refractivity contribution in [1.82, 2.24) is 25.2 Å². The van der Waals surface area contributed by atoms with Crippen molar-refractivity contribution in [3.05, 3.63) is 35.7 Å². The van der Waals surface area contributed by atoms with Crippen LogP contribution in [0.3, 0.4) is 0 Å². The minimum atomic E-state index is -0.101. The highest BCUT2D eigenvalue weighted by atomic mass is 16.7. The molecule has 1 aliphatic carbocycles. The third-order valence-corrected chi connectivity index (χ3v) is 6.13. The fraction of sp³-hybridized carbons (Fsp3) is 0.571. The van der Waals surface area contributed by atoms with Gasteiger partial charge in [-0.1, -0.05) is 24.1 Å². The van der Waals surface area contributed by atoms with E-state index in [1.807, 2.05) is 10.7 Å². The third kappa shape index (κ3) is 4.07. The van der Waals surface area contributed by atoms with Gasteiger partial charge in [-0.05, 0) is 49.9 Å². The summed E-state index contributed by atoms with van der Waals surface area (Å²) in [4.78, 5) is 14.9. The van der Waals surface area contributed by atoms with Gasteiger partial charge >= 0.3 is 0 Å². The minimum Gasteiger partial charge on any atom is -0.454 e. The SMILES string of the molecule is O=C(NC1CCCC1)c1cn([C@H]2CCCN(Cc3ccc4c(c3)OCO4)C2)nn1. The van der Waals surface area contributed by atoms with Crippen molar-refractivity contribution in [3.63, 3.8) is 0 Å². The second kappa shape index (κ2) is 8.02. The van der Waals surface area contributed by atoms with Crippen molar-refractivity contribution in [3.8, 4) is 11.5 Å². The molecule has 29 heavy (non-hydrogen) atoms. The van der Waals surface area contributed by atoms with Crippen molar-refractivity contribution >= 4 is 5.91 Å². The Morgan fingerprint density at radius 3 is 2.90 bits per heavy atom. The normalized spacial score (nSPS) is 22.1. The average Bonchev–Trinajstić information content (AvgIpc) is 3.49. The second-order valence-corrected chi connectivity index (χ2v) is 8.26. The summed E-state index contributed by atoms with van der Waals surface area (Å²) in [5.41, 5.74) is 1.63. The molecule has 3 aliphatic rings. The molecular formula is C21H27N5O3. The predicted molar refractivity (Wildman–Crippen MR) is 106 cm³/mol. The first-order valence-corrected chi connectivity index (χ1v) is 10.6. The molecule has 0 bridgehead atoms. The fourth-order valence-electron chi connectivity index (χ4n) is 4.58. The lowest BCUT2D eigenvalue weighted by atomic mass is 10.0. The van der Waals surface area contributed by atoms with Crippen LogP contribution in [0.5, 0.6) is 11.5 Å². The molecule has 1 saturated heterocycles. The zero-order valence-corrected chi connectivity index (χ0v) is 16.5. The Balaban J connectivity index is 1.20. The molecule has 1 aromatic carbocycles. The molecule has 1 saturated carbocycles.